The Morgan fingerprint density at radius 3 is 2.78 bits per heavy atom. The number of ether oxygens (including phenoxy) is 1. The molecule has 1 saturated carbocycles. The first-order chi connectivity index (χ1) is 17.2. The zero-order chi connectivity index (χ0) is 25.6. The van der Waals surface area contributed by atoms with Crippen molar-refractivity contribution in [2.24, 2.45) is 11.8 Å². The van der Waals surface area contributed by atoms with Crippen molar-refractivity contribution in [1.29, 1.82) is 0 Å². The molecule has 0 spiro atoms. The van der Waals surface area contributed by atoms with Crippen LogP contribution in [-0.2, 0) is 21.4 Å². The summed E-state index contributed by atoms with van der Waals surface area (Å²) in [6, 6.07) is 6.29. The number of carboxylic acid groups (broad SMARTS) is 1. The molecule has 0 radical (unpaired) electrons. The largest absolute Gasteiger partial charge is 0.492 e. The number of carbonyl (C=O) groups is 2. The summed E-state index contributed by atoms with van der Waals surface area (Å²) in [6.07, 6.45) is 1.62. The van der Waals surface area contributed by atoms with E-state index in [0.717, 1.165) is 43.3 Å². The Bertz CT molecular complexity index is 1330. The van der Waals surface area contributed by atoms with Crippen LogP contribution in [-0.4, -0.2) is 56.5 Å². The minimum absolute atomic E-state index is 0.0631. The predicted octanol–water partition coefficient (Wildman–Crippen LogP) is 2.78. The second-order valence-corrected chi connectivity index (χ2v) is 11.2. The van der Waals surface area contributed by atoms with E-state index >= 15 is 0 Å². The lowest BCUT2D eigenvalue weighted by molar-refractivity contribution is -0.124. The number of aromatic carboxylic acids is 1. The average Bonchev–Trinajstić information content (AvgIpc) is 3.48. The molecule has 1 aliphatic carbocycles. The molecule has 1 unspecified atom stereocenters. The number of likely N-dealkylation sites (tertiary alicyclic amines) is 1. The fraction of sp³-hybridized carbons (Fsp3) is 0.440. The molecular weight excluding hydrogens is 489 g/mol. The number of fused-ring (bicyclic) bond motifs is 3. The van der Waals surface area contributed by atoms with Gasteiger partial charge in [-0.15, -0.1) is 0 Å². The molecule has 2 heterocycles. The van der Waals surface area contributed by atoms with Crippen molar-refractivity contribution in [3.05, 3.63) is 52.8 Å². The Kier molecular flexibility index (Phi) is 6.37. The van der Waals surface area contributed by atoms with E-state index in [0.29, 0.717) is 25.5 Å². The second-order valence-electron chi connectivity index (χ2n) is 9.58. The van der Waals surface area contributed by atoms with E-state index in [1.165, 1.54) is 6.07 Å². The van der Waals surface area contributed by atoms with Gasteiger partial charge in [-0.05, 0) is 67.2 Å². The molecule has 2 aromatic carbocycles. The highest BCUT2D eigenvalue weighted by Crippen LogP contribution is 2.55. The number of rotatable bonds is 8. The number of anilines is 1. The second kappa shape index (κ2) is 9.36. The molecule has 3 aliphatic rings. The number of amides is 1. The van der Waals surface area contributed by atoms with Crippen molar-refractivity contribution in [2.75, 3.05) is 31.0 Å². The maximum Gasteiger partial charge on any atom is 0.341 e. The van der Waals surface area contributed by atoms with Crippen molar-refractivity contribution >= 4 is 27.6 Å². The van der Waals surface area contributed by atoms with E-state index < -0.39 is 21.8 Å². The van der Waals surface area contributed by atoms with Crippen molar-refractivity contribution in [3.63, 3.8) is 0 Å². The minimum Gasteiger partial charge on any atom is -0.492 e. The van der Waals surface area contributed by atoms with Crippen LogP contribution in [0.4, 0.5) is 10.1 Å². The number of hydrogen-bond acceptors (Lipinski definition) is 6. The first kappa shape index (κ1) is 24.5. The predicted molar refractivity (Wildman–Crippen MR) is 129 cm³/mol. The molecule has 192 valence electrons. The van der Waals surface area contributed by atoms with Crippen LogP contribution in [0.3, 0.4) is 0 Å². The van der Waals surface area contributed by atoms with E-state index in [-0.39, 0.29) is 51.7 Å². The molecule has 11 heteroatoms. The summed E-state index contributed by atoms with van der Waals surface area (Å²) >= 11 is 0. The summed E-state index contributed by atoms with van der Waals surface area (Å²) < 4.78 is 48.8. The van der Waals surface area contributed by atoms with Gasteiger partial charge in [0.15, 0.2) is 0 Å². The molecule has 3 N–H and O–H groups in total. The standard InChI is InChI=1S/C25H28FN3O6S/c1-2-29-8-7-14(12-29)24(30)27-11-15-9-17(26)3-6-21(15)36(33,34)28-20-5-4-18-19-10-16(19)13-35-23(18)22(20)25(31)32/h3-6,9,14,16,19,28H,2,7-8,10-13H2,1H3,(H,27,30)(H,31,32)/t14?,16-,19-/m0/s1. The highest BCUT2D eigenvalue weighted by atomic mass is 32.2. The average molecular weight is 518 g/mol. The third kappa shape index (κ3) is 4.64. The molecule has 2 aliphatic heterocycles. The smallest absolute Gasteiger partial charge is 0.341 e. The number of halogens is 1. The molecule has 0 aromatic heterocycles. The highest BCUT2D eigenvalue weighted by Gasteiger charge is 2.45. The first-order valence-electron chi connectivity index (χ1n) is 12.0. The van der Waals surface area contributed by atoms with Crippen molar-refractivity contribution in [3.8, 4) is 5.75 Å². The molecule has 1 saturated heterocycles. The van der Waals surface area contributed by atoms with Gasteiger partial charge >= 0.3 is 5.97 Å². The SMILES string of the molecule is CCN1CCC(C(=O)NCc2cc(F)ccc2S(=O)(=O)Nc2ccc3c(c2C(=O)O)OC[C@@H]2C[C@H]32)C1. The summed E-state index contributed by atoms with van der Waals surface area (Å²) in [7, 11) is -4.32. The van der Waals surface area contributed by atoms with Gasteiger partial charge in [-0.3, -0.25) is 9.52 Å². The normalized spacial score (nSPS) is 22.8. The number of benzene rings is 2. The number of nitrogens with one attached hydrogen (secondary N) is 2. The van der Waals surface area contributed by atoms with Crippen molar-refractivity contribution < 1.29 is 32.2 Å². The fourth-order valence-electron chi connectivity index (χ4n) is 5.16. The van der Waals surface area contributed by atoms with Gasteiger partial charge in [0, 0.05) is 19.0 Å². The van der Waals surface area contributed by atoms with Crippen molar-refractivity contribution in [2.45, 2.75) is 37.1 Å². The Morgan fingerprint density at radius 1 is 1.25 bits per heavy atom. The molecule has 5 rings (SSSR count). The van der Waals surface area contributed by atoms with Crippen LogP contribution in [0.1, 0.15) is 47.2 Å². The number of nitrogens with zero attached hydrogens (tertiary/aromatic N) is 1. The summed E-state index contributed by atoms with van der Waals surface area (Å²) in [5.41, 5.74) is 0.448. The van der Waals surface area contributed by atoms with Crippen LogP contribution in [0.5, 0.6) is 5.75 Å². The van der Waals surface area contributed by atoms with Gasteiger partial charge in [0.1, 0.15) is 17.1 Å². The monoisotopic (exact) mass is 517 g/mol. The topological polar surface area (TPSA) is 125 Å². The molecule has 3 atom stereocenters. The number of sulfonamides is 1. The number of carbonyl (C=O) groups excluding carboxylic acids is 1. The highest BCUT2D eigenvalue weighted by molar-refractivity contribution is 7.92. The maximum absolute atomic E-state index is 14.1. The zero-order valence-corrected chi connectivity index (χ0v) is 20.6. The van der Waals surface area contributed by atoms with E-state index in [1.807, 2.05) is 6.92 Å². The zero-order valence-electron chi connectivity index (χ0n) is 19.8. The fourth-order valence-corrected chi connectivity index (χ4v) is 6.45. The number of hydrogen-bond donors (Lipinski definition) is 3. The lowest BCUT2D eigenvalue weighted by atomic mass is 10.0. The Hall–Kier alpha value is -3.18. The van der Waals surface area contributed by atoms with Crippen LogP contribution in [0.25, 0.3) is 0 Å². The number of carboxylic acids is 1. The summed E-state index contributed by atoms with van der Waals surface area (Å²) in [4.78, 5) is 26.6. The van der Waals surface area contributed by atoms with E-state index in [4.69, 9.17) is 4.74 Å². The van der Waals surface area contributed by atoms with Gasteiger partial charge in [-0.1, -0.05) is 13.0 Å². The minimum atomic E-state index is -4.32. The third-order valence-corrected chi connectivity index (χ3v) is 8.73. The molecule has 9 nitrogen and oxygen atoms in total. The summed E-state index contributed by atoms with van der Waals surface area (Å²) in [5, 5.41) is 12.6. The van der Waals surface area contributed by atoms with Gasteiger partial charge in [0.25, 0.3) is 10.0 Å². The molecule has 2 fully saturated rings. The quantitative estimate of drug-likeness (QED) is 0.492. The van der Waals surface area contributed by atoms with Crippen LogP contribution in [0, 0.1) is 17.7 Å². The molecular formula is C25H28FN3O6S. The first-order valence-corrected chi connectivity index (χ1v) is 13.5. The van der Waals surface area contributed by atoms with Crippen LogP contribution < -0.4 is 14.8 Å². The van der Waals surface area contributed by atoms with Crippen LogP contribution in [0.15, 0.2) is 35.2 Å². The van der Waals surface area contributed by atoms with Gasteiger partial charge in [0.2, 0.25) is 5.91 Å². The molecule has 2 aromatic rings. The van der Waals surface area contributed by atoms with E-state index in [2.05, 4.69) is 14.9 Å². The van der Waals surface area contributed by atoms with Gasteiger partial charge in [-0.25, -0.2) is 17.6 Å². The molecule has 0 bridgehead atoms. The van der Waals surface area contributed by atoms with Gasteiger partial charge < -0.3 is 20.1 Å². The van der Waals surface area contributed by atoms with Gasteiger partial charge in [0.05, 0.1) is 23.1 Å². The van der Waals surface area contributed by atoms with Crippen LogP contribution >= 0.6 is 0 Å². The lowest BCUT2D eigenvalue weighted by Gasteiger charge is -2.21. The van der Waals surface area contributed by atoms with Gasteiger partial charge in [-0.2, -0.15) is 0 Å². The molecule has 36 heavy (non-hydrogen) atoms. The van der Waals surface area contributed by atoms with Crippen LogP contribution in [0.2, 0.25) is 0 Å². The Morgan fingerprint density at radius 2 is 2.06 bits per heavy atom. The Balaban J connectivity index is 1.39. The maximum atomic E-state index is 14.1. The Labute approximate surface area is 208 Å². The summed E-state index contributed by atoms with van der Waals surface area (Å²) in [5.74, 6) is -1.61. The summed E-state index contributed by atoms with van der Waals surface area (Å²) in [6.45, 7) is 4.51. The third-order valence-electron chi connectivity index (χ3n) is 7.27. The lowest BCUT2D eigenvalue weighted by Crippen LogP contribution is -2.33. The van der Waals surface area contributed by atoms with E-state index in [1.54, 1.807) is 6.07 Å². The van der Waals surface area contributed by atoms with E-state index in [9.17, 15) is 27.5 Å². The van der Waals surface area contributed by atoms with Crippen molar-refractivity contribution in [1.82, 2.24) is 10.2 Å². The molecule has 1 amide bonds.